The summed E-state index contributed by atoms with van der Waals surface area (Å²) in [6, 6.07) is 16.2. The van der Waals surface area contributed by atoms with Gasteiger partial charge < -0.3 is 0 Å². The van der Waals surface area contributed by atoms with Crippen LogP contribution in [0.1, 0.15) is 24.5 Å². The molecular formula is C19H16N2OS. The maximum atomic E-state index is 12.7. The van der Waals surface area contributed by atoms with E-state index in [2.05, 4.69) is 36.2 Å². The summed E-state index contributed by atoms with van der Waals surface area (Å²) in [6.07, 6.45) is 4.18. The molecule has 4 heteroatoms. The summed E-state index contributed by atoms with van der Waals surface area (Å²) < 4.78 is 2.43. The van der Waals surface area contributed by atoms with Gasteiger partial charge in [0.25, 0.3) is 5.56 Å². The summed E-state index contributed by atoms with van der Waals surface area (Å²) in [5, 5.41) is 0. The lowest BCUT2D eigenvalue weighted by atomic mass is 10.1. The zero-order valence-corrected chi connectivity index (χ0v) is 13.6. The lowest BCUT2D eigenvalue weighted by Gasteiger charge is -1.98. The first-order valence-electron chi connectivity index (χ1n) is 7.77. The van der Waals surface area contributed by atoms with E-state index in [9.17, 15) is 4.79 Å². The number of aromatic nitrogens is 2. The molecule has 3 nitrogen and oxygen atoms in total. The van der Waals surface area contributed by atoms with Crippen molar-refractivity contribution >= 4 is 33.4 Å². The van der Waals surface area contributed by atoms with Crippen molar-refractivity contribution in [3.05, 3.63) is 74.5 Å². The number of para-hydroxylation sites is 2. The predicted molar refractivity (Wildman–Crippen MR) is 96.1 cm³/mol. The molecular weight excluding hydrogens is 304 g/mol. The fourth-order valence-corrected chi connectivity index (χ4v) is 3.82. The van der Waals surface area contributed by atoms with Gasteiger partial charge in [-0.3, -0.25) is 4.79 Å². The summed E-state index contributed by atoms with van der Waals surface area (Å²) >= 11 is 1.44. The topological polar surface area (TPSA) is 34.4 Å². The molecule has 114 valence electrons. The Morgan fingerprint density at radius 2 is 1.91 bits per heavy atom. The van der Waals surface area contributed by atoms with Gasteiger partial charge in [-0.1, -0.05) is 61.1 Å². The second-order valence-electron chi connectivity index (χ2n) is 5.63. The summed E-state index contributed by atoms with van der Waals surface area (Å²) in [7, 11) is 0. The number of benzene rings is 2. The van der Waals surface area contributed by atoms with Crippen LogP contribution in [0.25, 0.3) is 22.1 Å². The van der Waals surface area contributed by atoms with Gasteiger partial charge in [-0.25, -0.2) is 9.38 Å². The molecule has 0 spiro atoms. The van der Waals surface area contributed by atoms with Gasteiger partial charge in [-0.05, 0) is 35.8 Å². The highest BCUT2D eigenvalue weighted by Crippen LogP contribution is 2.15. The van der Waals surface area contributed by atoms with Crippen LogP contribution in [0, 0.1) is 0 Å². The quantitative estimate of drug-likeness (QED) is 0.580. The Hall–Kier alpha value is -2.46. The minimum atomic E-state index is 0.0105. The number of rotatable bonds is 3. The van der Waals surface area contributed by atoms with E-state index in [1.807, 2.05) is 30.3 Å². The summed E-state index contributed by atoms with van der Waals surface area (Å²) in [5.41, 5.74) is 4.14. The number of thiazole rings is 1. The SMILES string of the molecule is CCCc1ccc(C=c2sc3nc4ccccc4n3c2=O)cc1. The highest BCUT2D eigenvalue weighted by Gasteiger charge is 2.10. The molecule has 23 heavy (non-hydrogen) atoms. The monoisotopic (exact) mass is 320 g/mol. The zero-order chi connectivity index (χ0) is 15.8. The molecule has 0 saturated carbocycles. The third-order valence-electron chi connectivity index (χ3n) is 3.96. The van der Waals surface area contributed by atoms with Crippen molar-refractivity contribution in [2.75, 3.05) is 0 Å². The van der Waals surface area contributed by atoms with Gasteiger partial charge in [0.2, 0.25) is 0 Å². The Morgan fingerprint density at radius 1 is 1.13 bits per heavy atom. The second kappa shape index (κ2) is 5.63. The van der Waals surface area contributed by atoms with E-state index in [1.54, 1.807) is 4.40 Å². The van der Waals surface area contributed by atoms with Crippen LogP contribution in [0.5, 0.6) is 0 Å². The van der Waals surface area contributed by atoms with Crippen molar-refractivity contribution < 1.29 is 0 Å². The van der Waals surface area contributed by atoms with E-state index in [4.69, 9.17) is 0 Å². The minimum absolute atomic E-state index is 0.0105. The lowest BCUT2D eigenvalue weighted by molar-refractivity contribution is 0.922. The van der Waals surface area contributed by atoms with E-state index in [1.165, 1.54) is 16.9 Å². The number of hydrogen-bond donors (Lipinski definition) is 0. The molecule has 0 N–H and O–H groups in total. The maximum Gasteiger partial charge on any atom is 0.274 e. The van der Waals surface area contributed by atoms with Crippen molar-refractivity contribution in [1.29, 1.82) is 0 Å². The maximum absolute atomic E-state index is 12.7. The molecule has 0 fully saturated rings. The molecule has 2 aromatic carbocycles. The van der Waals surface area contributed by atoms with Crippen LogP contribution in [0.4, 0.5) is 0 Å². The Kier molecular flexibility index (Phi) is 3.46. The standard InChI is InChI=1S/C19H16N2OS/c1-2-5-13-8-10-14(11-9-13)12-17-18(22)21-16-7-4-3-6-15(16)20-19(21)23-17/h3-4,6-12H,2,5H2,1H3. The molecule has 0 unspecified atom stereocenters. The first-order valence-corrected chi connectivity index (χ1v) is 8.58. The first kappa shape index (κ1) is 14.2. The van der Waals surface area contributed by atoms with E-state index < -0.39 is 0 Å². The predicted octanol–water partition coefficient (Wildman–Crippen LogP) is 3.41. The zero-order valence-electron chi connectivity index (χ0n) is 12.8. The molecule has 0 aliphatic carbocycles. The molecule has 0 amide bonds. The molecule has 4 aromatic rings. The average Bonchev–Trinajstić information content (AvgIpc) is 3.07. The summed E-state index contributed by atoms with van der Waals surface area (Å²) in [6.45, 7) is 2.18. The fraction of sp³-hybridized carbons (Fsp3) is 0.158. The molecule has 0 aliphatic heterocycles. The fourth-order valence-electron chi connectivity index (χ4n) is 2.83. The summed E-state index contributed by atoms with van der Waals surface area (Å²) in [5.74, 6) is 0. The Balaban J connectivity index is 1.85. The normalized spacial score (nSPS) is 12.5. The van der Waals surface area contributed by atoms with Gasteiger partial charge in [0.05, 0.1) is 15.6 Å². The molecule has 0 saturated heterocycles. The van der Waals surface area contributed by atoms with Crippen molar-refractivity contribution in [3.63, 3.8) is 0 Å². The van der Waals surface area contributed by atoms with E-state index >= 15 is 0 Å². The van der Waals surface area contributed by atoms with E-state index in [0.29, 0.717) is 0 Å². The third kappa shape index (κ3) is 2.45. The van der Waals surface area contributed by atoms with E-state index in [0.717, 1.165) is 38.9 Å². The molecule has 2 heterocycles. The molecule has 4 rings (SSSR count). The van der Waals surface area contributed by atoms with Crippen molar-refractivity contribution in [3.8, 4) is 0 Å². The highest BCUT2D eigenvalue weighted by molar-refractivity contribution is 7.15. The van der Waals surface area contributed by atoms with Crippen LogP contribution in [0.2, 0.25) is 0 Å². The molecule has 2 aromatic heterocycles. The van der Waals surface area contributed by atoms with Gasteiger partial charge in [0, 0.05) is 0 Å². The molecule has 0 aliphatic rings. The first-order chi connectivity index (χ1) is 11.3. The number of nitrogens with zero attached hydrogens (tertiary/aromatic N) is 2. The van der Waals surface area contributed by atoms with Gasteiger partial charge in [-0.2, -0.15) is 0 Å². The van der Waals surface area contributed by atoms with Crippen LogP contribution in [0.3, 0.4) is 0 Å². The Morgan fingerprint density at radius 3 is 2.70 bits per heavy atom. The number of hydrogen-bond acceptors (Lipinski definition) is 3. The number of imidazole rings is 1. The number of fused-ring (bicyclic) bond motifs is 3. The van der Waals surface area contributed by atoms with Crippen molar-refractivity contribution in [2.45, 2.75) is 19.8 Å². The molecule has 0 atom stereocenters. The Bertz CT molecular complexity index is 1090. The third-order valence-corrected chi connectivity index (χ3v) is 4.93. The second-order valence-corrected chi connectivity index (χ2v) is 6.63. The van der Waals surface area contributed by atoms with Crippen LogP contribution in [0.15, 0.2) is 53.3 Å². The average molecular weight is 320 g/mol. The molecule has 0 bridgehead atoms. The summed E-state index contributed by atoms with van der Waals surface area (Å²) in [4.78, 5) is 18.0. The van der Waals surface area contributed by atoms with Gasteiger partial charge >= 0.3 is 0 Å². The van der Waals surface area contributed by atoms with Gasteiger partial charge in [0.1, 0.15) is 0 Å². The van der Waals surface area contributed by atoms with Gasteiger partial charge in [-0.15, -0.1) is 0 Å². The van der Waals surface area contributed by atoms with Gasteiger partial charge in [0.15, 0.2) is 4.96 Å². The van der Waals surface area contributed by atoms with E-state index in [-0.39, 0.29) is 5.56 Å². The number of aryl methyl sites for hydroxylation is 1. The Labute approximate surface area is 137 Å². The smallest absolute Gasteiger partial charge is 0.267 e. The largest absolute Gasteiger partial charge is 0.274 e. The van der Waals surface area contributed by atoms with Crippen molar-refractivity contribution in [1.82, 2.24) is 9.38 Å². The molecule has 0 radical (unpaired) electrons. The minimum Gasteiger partial charge on any atom is -0.267 e. The van der Waals surface area contributed by atoms with Crippen LogP contribution in [-0.2, 0) is 6.42 Å². The highest BCUT2D eigenvalue weighted by atomic mass is 32.1. The van der Waals surface area contributed by atoms with Crippen LogP contribution >= 0.6 is 11.3 Å². The van der Waals surface area contributed by atoms with Crippen LogP contribution in [-0.4, -0.2) is 9.38 Å². The van der Waals surface area contributed by atoms with Crippen molar-refractivity contribution in [2.24, 2.45) is 0 Å². The van der Waals surface area contributed by atoms with Crippen LogP contribution < -0.4 is 10.1 Å². The lowest BCUT2D eigenvalue weighted by Crippen LogP contribution is -2.22.